The van der Waals surface area contributed by atoms with Gasteiger partial charge in [0, 0.05) is 18.0 Å². The number of para-hydroxylation sites is 1. The molecule has 1 atom stereocenters. The minimum absolute atomic E-state index is 0.0812. The van der Waals surface area contributed by atoms with Gasteiger partial charge in [-0.25, -0.2) is 4.98 Å². The Balaban J connectivity index is 1.92. The average Bonchev–Trinajstić information content (AvgIpc) is 3.21. The van der Waals surface area contributed by atoms with E-state index in [2.05, 4.69) is 24.9 Å². The molecule has 0 bridgehead atoms. The Kier molecular flexibility index (Phi) is 4.90. The second-order valence-corrected chi connectivity index (χ2v) is 7.55. The number of amides is 1. The molecule has 1 fully saturated rings. The Hall–Kier alpha value is -1.88. The van der Waals surface area contributed by atoms with Crippen LogP contribution in [0.5, 0.6) is 5.75 Å². The summed E-state index contributed by atoms with van der Waals surface area (Å²) in [6.07, 6.45) is 1.99. The molecular formula is C19H24N2O2S. The van der Waals surface area contributed by atoms with Crippen LogP contribution >= 0.6 is 11.3 Å². The summed E-state index contributed by atoms with van der Waals surface area (Å²) in [5, 5.41) is 1.03. The summed E-state index contributed by atoms with van der Waals surface area (Å²) in [6, 6.07) is 8.08. The molecule has 2 heterocycles. The van der Waals surface area contributed by atoms with Crippen LogP contribution in [0.4, 0.5) is 0 Å². The van der Waals surface area contributed by atoms with Crippen LogP contribution in [0.1, 0.15) is 64.6 Å². The summed E-state index contributed by atoms with van der Waals surface area (Å²) in [5.41, 5.74) is 1.94. The Morgan fingerprint density at radius 3 is 2.79 bits per heavy atom. The summed E-state index contributed by atoms with van der Waals surface area (Å²) in [6.45, 7) is 6.94. The molecule has 0 saturated carbocycles. The van der Waals surface area contributed by atoms with Crippen molar-refractivity contribution in [3.05, 3.63) is 45.4 Å². The molecule has 5 heteroatoms. The Labute approximate surface area is 147 Å². The molecule has 1 aromatic carbocycles. The highest BCUT2D eigenvalue weighted by Gasteiger charge is 2.34. The summed E-state index contributed by atoms with van der Waals surface area (Å²) in [5.74, 6) is 1.30. The van der Waals surface area contributed by atoms with Crippen molar-refractivity contribution < 1.29 is 9.53 Å². The van der Waals surface area contributed by atoms with Gasteiger partial charge in [-0.15, -0.1) is 11.3 Å². The van der Waals surface area contributed by atoms with E-state index in [1.54, 1.807) is 7.11 Å². The van der Waals surface area contributed by atoms with Gasteiger partial charge in [-0.3, -0.25) is 4.79 Å². The van der Waals surface area contributed by atoms with Gasteiger partial charge in [0.05, 0.1) is 23.9 Å². The van der Waals surface area contributed by atoms with Crippen LogP contribution in [-0.4, -0.2) is 29.4 Å². The van der Waals surface area contributed by atoms with E-state index in [4.69, 9.17) is 4.74 Å². The van der Waals surface area contributed by atoms with Crippen LogP contribution in [0.15, 0.2) is 24.3 Å². The van der Waals surface area contributed by atoms with Crippen LogP contribution in [0, 0.1) is 6.92 Å². The van der Waals surface area contributed by atoms with Crippen molar-refractivity contribution in [1.29, 1.82) is 0 Å². The van der Waals surface area contributed by atoms with Crippen LogP contribution in [0.2, 0.25) is 0 Å². The number of ether oxygens (including phenoxy) is 1. The lowest BCUT2D eigenvalue weighted by molar-refractivity contribution is 0.0738. The Bertz CT molecular complexity index is 739. The minimum atomic E-state index is 0.0812. The first-order chi connectivity index (χ1) is 11.5. The number of carbonyl (C=O) groups excluding carboxylic acids is 1. The van der Waals surface area contributed by atoms with Gasteiger partial charge in [-0.1, -0.05) is 32.0 Å². The fourth-order valence-electron chi connectivity index (χ4n) is 3.27. The SMILES string of the molecule is COc1ccccc1[C@@H]1CCCN1C(=O)c1sc(C(C)C)nc1C. The first-order valence-electron chi connectivity index (χ1n) is 8.44. The third kappa shape index (κ3) is 3.05. The average molecular weight is 344 g/mol. The Morgan fingerprint density at radius 1 is 1.38 bits per heavy atom. The molecule has 2 aromatic rings. The lowest BCUT2D eigenvalue weighted by Crippen LogP contribution is -2.30. The maximum Gasteiger partial charge on any atom is 0.266 e. The van der Waals surface area contributed by atoms with Gasteiger partial charge in [-0.05, 0) is 25.8 Å². The van der Waals surface area contributed by atoms with E-state index in [9.17, 15) is 4.79 Å². The third-order valence-electron chi connectivity index (χ3n) is 4.51. The Morgan fingerprint density at radius 2 is 2.12 bits per heavy atom. The number of aryl methyl sites for hydroxylation is 1. The molecule has 1 aliphatic rings. The molecule has 128 valence electrons. The van der Waals surface area contributed by atoms with Gasteiger partial charge < -0.3 is 9.64 Å². The van der Waals surface area contributed by atoms with Crippen LogP contribution in [-0.2, 0) is 0 Å². The second-order valence-electron chi connectivity index (χ2n) is 6.52. The lowest BCUT2D eigenvalue weighted by Gasteiger charge is -2.26. The van der Waals surface area contributed by atoms with Crippen molar-refractivity contribution in [2.45, 2.75) is 45.6 Å². The lowest BCUT2D eigenvalue weighted by atomic mass is 10.0. The third-order valence-corrected chi connectivity index (χ3v) is 5.96. The van der Waals surface area contributed by atoms with Crippen LogP contribution < -0.4 is 4.74 Å². The van der Waals surface area contributed by atoms with Gasteiger partial charge in [0.1, 0.15) is 10.6 Å². The highest BCUT2D eigenvalue weighted by molar-refractivity contribution is 7.13. The van der Waals surface area contributed by atoms with Gasteiger partial charge in [0.25, 0.3) is 5.91 Å². The van der Waals surface area contributed by atoms with Crippen molar-refractivity contribution in [2.75, 3.05) is 13.7 Å². The second kappa shape index (κ2) is 6.93. The first-order valence-corrected chi connectivity index (χ1v) is 9.25. The number of methoxy groups -OCH3 is 1. The number of carbonyl (C=O) groups is 1. The van der Waals surface area contributed by atoms with E-state index in [1.807, 2.05) is 30.0 Å². The predicted octanol–water partition coefficient (Wildman–Crippen LogP) is 4.56. The van der Waals surface area contributed by atoms with E-state index >= 15 is 0 Å². The van der Waals surface area contributed by atoms with Crippen LogP contribution in [0.3, 0.4) is 0 Å². The van der Waals surface area contributed by atoms with E-state index < -0.39 is 0 Å². The molecule has 0 spiro atoms. The maximum absolute atomic E-state index is 13.1. The number of hydrogen-bond acceptors (Lipinski definition) is 4. The van der Waals surface area contributed by atoms with Gasteiger partial charge in [0.15, 0.2) is 0 Å². The number of aromatic nitrogens is 1. The summed E-state index contributed by atoms with van der Waals surface area (Å²) in [7, 11) is 1.68. The molecule has 3 rings (SSSR count). The number of likely N-dealkylation sites (tertiary alicyclic amines) is 1. The molecule has 0 unspecified atom stereocenters. The van der Waals surface area contributed by atoms with Crippen molar-refractivity contribution >= 4 is 17.2 Å². The minimum Gasteiger partial charge on any atom is -0.496 e. The highest BCUT2D eigenvalue weighted by atomic mass is 32.1. The summed E-state index contributed by atoms with van der Waals surface area (Å²) < 4.78 is 5.50. The molecule has 1 aliphatic heterocycles. The van der Waals surface area contributed by atoms with Crippen molar-refractivity contribution in [2.24, 2.45) is 0 Å². The summed E-state index contributed by atoms with van der Waals surface area (Å²) >= 11 is 1.54. The molecule has 0 aliphatic carbocycles. The first kappa shape index (κ1) is 17.0. The molecule has 0 N–H and O–H groups in total. The molecule has 24 heavy (non-hydrogen) atoms. The van der Waals surface area contributed by atoms with Crippen molar-refractivity contribution in [1.82, 2.24) is 9.88 Å². The standard InChI is InChI=1S/C19H24N2O2S/c1-12(2)18-20-13(3)17(24-18)19(22)21-11-7-9-15(21)14-8-5-6-10-16(14)23-4/h5-6,8,10,12,15H,7,9,11H2,1-4H3/t15-/m0/s1. The topological polar surface area (TPSA) is 42.4 Å². The number of benzene rings is 1. The molecule has 1 amide bonds. The number of thiazole rings is 1. The molecule has 4 nitrogen and oxygen atoms in total. The largest absolute Gasteiger partial charge is 0.496 e. The van der Waals surface area contributed by atoms with Gasteiger partial charge in [-0.2, -0.15) is 0 Å². The van der Waals surface area contributed by atoms with Gasteiger partial charge in [0.2, 0.25) is 0 Å². The highest BCUT2D eigenvalue weighted by Crippen LogP contribution is 2.38. The van der Waals surface area contributed by atoms with Crippen molar-refractivity contribution in [3.8, 4) is 5.75 Å². The van der Waals surface area contributed by atoms with E-state index in [0.29, 0.717) is 5.92 Å². The normalized spacial score (nSPS) is 17.5. The summed E-state index contributed by atoms with van der Waals surface area (Å²) in [4.78, 5) is 20.5. The fraction of sp³-hybridized carbons (Fsp3) is 0.474. The molecule has 1 aromatic heterocycles. The number of rotatable bonds is 4. The molecule has 1 saturated heterocycles. The fourth-order valence-corrected chi connectivity index (χ4v) is 4.29. The van der Waals surface area contributed by atoms with Crippen LogP contribution in [0.25, 0.3) is 0 Å². The predicted molar refractivity (Wildman–Crippen MR) is 96.9 cm³/mol. The van der Waals surface area contributed by atoms with E-state index in [0.717, 1.165) is 46.3 Å². The van der Waals surface area contributed by atoms with E-state index in [1.165, 1.54) is 11.3 Å². The van der Waals surface area contributed by atoms with E-state index in [-0.39, 0.29) is 11.9 Å². The number of nitrogens with zero attached hydrogens (tertiary/aromatic N) is 2. The quantitative estimate of drug-likeness (QED) is 0.816. The molecular weight excluding hydrogens is 320 g/mol. The smallest absolute Gasteiger partial charge is 0.266 e. The monoisotopic (exact) mass is 344 g/mol. The zero-order chi connectivity index (χ0) is 17.3. The maximum atomic E-state index is 13.1. The van der Waals surface area contributed by atoms with Gasteiger partial charge >= 0.3 is 0 Å². The number of hydrogen-bond donors (Lipinski definition) is 0. The van der Waals surface area contributed by atoms with Crippen molar-refractivity contribution in [3.63, 3.8) is 0 Å². The molecule has 0 radical (unpaired) electrons. The zero-order valence-electron chi connectivity index (χ0n) is 14.7. The zero-order valence-corrected chi connectivity index (χ0v) is 15.5.